The van der Waals surface area contributed by atoms with Gasteiger partial charge in [0.1, 0.15) is 12.7 Å². The van der Waals surface area contributed by atoms with Crippen molar-refractivity contribution < 1.29 is 23.9 Å². The molecule has 1 amide bonds. The lowest BCUT2D eigenvalue weighted by Gasteiger charge is -2.13. The predicted octanol–water partition coefficient (Wildman–Crippen LogP) is 0.568. The molecule has 1 atom stereocenters. The summed E-state index contributed by atoms with van der Waals surface area (Å²) in [6, 6.07) is 0. The lowest BCUT2D eigenvalue weighted by molar-refractivity contribution is -0.156. The van der Waals surface area contributed by atoms with Crippen LogP contribution in [0.25, 0.3) is 0 Å². The van der Waals surface area contributed by atoms with Crippen LogP contribution in [-0.2, 0) is 23.9 Å². The molecule has 0 aliphatic carbocycles. The van der Waals surface area contributed by atoms with Crippen LogP contribution in [0.2, 0.25) is 0 Å². The van der Waals surface area contributed by atoms with Gasteiger partial charge in [-0.05, 0) is 32.5 Å². The van der Waals surface area contributed by atoms with Crippen LogP contribution in [0.15, 0.2) is 12.2 Å². The van der Waals surface area contributed by atoms with Crippen LogP contribution in [0.3, 0.4) is 0 Å². The highest BCUT2D eigenvalue weighted by Gasteiger charge is 2.13. The molecule has 0 aromatic heterocycles. The zero-order chi connectivity index (χ0) is 16.4. The molecule has 1 unspecified atom stereocenters. The number of hydrogen-bond donors (Lipinski definition) is 2. The molecular weight excluding hydrogens is 296 g/mol. The highest BCUT2D eigenvalue weighted by molar-refractivity contribution is 7.80. The fourth-order valence-electron chi connectivity index (χ4n) is 1.23. The summed E-state index contributed by atoms with van der Waals surface area (Å²) in [4.78, 5) is 33.8. The number of carbonyl (C=O) groups is 3. The topological polar surface area (TPSA) is 108 Å². The summed E-state index contributed by atoms with van der Waals surface area (Å²) in [5.74, 6) is -1.36. The number of amides is 1. The van der Waals surface area contributed by atoms with E-state index < -0.39 is 18.0 Å². The van der Waals surface area contributed by atoms with Gasteiger partial charge in [0.25, 0.3) is 0 Å². The molecule has 0 spiro atoms. The average Bonchev–Trinajstić information content (AvgIpc) is 2.34. The first-order chi connectivity index (χ1) is 9.72. The van der Waals surface area contributed by atoms with Gasteiger partial charge in [-0.25, -0.2) is 4.79 Å². The van der Waals surface area contributed by atoms with Crippen molar-refractivity contribution >= 4 is 35.2 Å². The molecule has 0 heterocycles. The van der Waals surface area contributed by atoms with Crippen molar-refractivity contribution in [3.05, 3.63) is 12.2 Å². The standard InChI is InChI=1S/C13H20N2O5S/c1-8(2)12(18)19-7-9(3)20-11(17)6-4-5-10(16)15-13(14)21/h9H,1,4-7H2,2-3H3,(H3,14,15,16,21). The van der Waals surface area contributed by atoms with Gasteiger partial charge in [-0.15, -0.1) is 0 Å². The zero-order valence-electron chi connectivity index (χ0n) is 12.1. The van der Waals surface area contributed by atoms with E-state index in [-0.39, 0.29) is 36.0 Å². The summed E-state index contributed by atoms with van der Waals surface area (Å²) < 4.78 is 9.86. The maximum absolute atomic E-state index is 11.5. The summed E-state index contributed by atoms with van der Waals surface area (Å²) in [6.45, 7) is 6.52. The minimum atomic E-state index is -0.564. The number of nitrogens with two attached hydrogens (primary N) is 1. The highest BCUT2D eigenvalue weighted by atomic mass is 32.1. The molecule has 0 aromatic rings. The molecule has 0 aliphatic heterocycles. The van der Waals surface area contributed by atoms with Crippen LogP contribution in [0.4, 0.5) is 0 Å². The second-order valence-electron chi connectivity index (χ2n) is 4.45. The maximum Gasteiger partial charge on any atom is 0.333 e. The van der Waals surface area contributed by atoms with Gasteiger partial charge in [0.05, 0.1) is 0 Å². The van der Waals surface area contributed by atoms with Gasteiger partial charge in [0.15, 0.2) is 5.11 Å². The monoisotopic (exact) mass is 316 g/mol. The van der Waals surface area contributed by atoms with E-state index in [1.54, 1.807) is 6.92 Å². The first-order valence-electron chi connectivity index (χ1n) is 6.33. The summed E-state index contributed by atoms with van der Waals surface area (Å²) in [5, 5.41) is 2.15. The van der Waals surface area contributed by atoms with Gasteiger partial charge < -0.3 is 20.5 Å². The Bertz CT molecular complexity index is 436. The van der Waals surface area contributed by atoms with Gasteiger partial charge >= 0.3 is 11.9 Å². The smallest absolute Gasteiger partial charge is 0.333 e. The summed E-state index contributed by atoms with van der Waals surface area (Å²) >= 11 is 4.51. The highest BCUT2D eigenvalue weighted by Crippen LogP contribution is 2.02. The van der Waals surface area contributed by atoms with Crippen molar-refractivity contribution in [2.75, 3.05) is 6.61 Å². The number of ether oxygens (including phenoxy) is 2. The Hall–Kier alpha value is -1.96. The quantitative estimate of drug-likeness (QED) is 0.383. The van der Waals surface area contributed by atoms with Gasteiger partial charge in [-0.3, -0.25) is 9.59 Å². The van der Waals surface area contributed by atoms with E-state index in [4.69, 9.17) is 15.2 Å². The molecule has 0 bridgehead atoms. The molecular formula is C13H20N2O5S. The van der Waals surface area contributed by atoms with E-state index in [1.807, 2.05) is 0 Å². The minimum Gasteiger partial charge on any atom is -0.459 e. The van der Waals surface area contributed by atoms with Crippen molar-refractivity contribution in [1.82, 2.24) is 5.32 Å². The normalized spacial score (nSPS) is 11.1. The van der Waals surface area contributed by atoms with Crippen molar-refractivity contribution in [3.63, 3.8) is 0 Å². The molecule has 0 rings (SSSR count). The van der Waals surface area contributed by atoms with E-state index >= 15 is 0 Å². The van der Waals surface area contributed by atoms with E-state index in [9.17, 15) is 14.4 Å². The molecule has 8 heteroatoms. The van der Waals surface area contributed by atoms with Crippen LogP contribution in [0.1, 0.15) is 33.1 Å². The van der Waals surface area contributed by atoms with E-state index in [0.717, 1.165) is 0 Å². The average molecular weight is 316 g/mol. The van der Waals surface area contributed by atoms with Gasteiger partial charge in [-0.2, -0.15) is 0 Å². The Morgan fingerprint density at radius 2 is 1.95 bits per heavy atom. The van der Waals surface area contributed by atoms with Crippen molar-refractivity contribution in [3.8, 4) is 0 Å². The molecule has 0 aromatic carbocycles. The molecule has 3 N–H and O–H groups in total. The number of carbonyl (C=O) groups excluding carboxylic acids is 3. The first kappa shape index (κ1) is 19.0. The molecule has 0 fully saturated rings. The lowest BCUT2D eigenvalue weighted by Crippen LogP contribution is -2.34. The molecule has 0 radical (unpaired) electrons. The van der Waals surface area contributed by atoms with E-state index in [0.29, 0.717) is 6.42 Å². The maximum atomic E-state index is 11.5. The predicted molar refractivity (Wildman–Crippen MR) is 80.1 cm³/mol. The summed E-state index contributed by atoms with van der Waals surface area (Å²) in [7, 11) is 0. The molecule has 0 saturated heterocycles. The van der Waals surface area contributed by atoms with Crippen LogP contribution < -0.4 is 11.1 Å². The van der Waals surface area contributed by atoms with Crippen LogP contribution in [0, 0.1) is 0 Å². The van der Waals surface area contributed by atoms with E-state index in [1.165, 1.54) is 6.92 Å². The Labute approximate surface area is 128 Å². The third kappa shape index (κ3) is 10.5. The Morgan fingerprint density at radius 3 is 2.48 bits per heavy atom. The van der Waals surface area contributed by atoms with Crippen LogP contribution >= 0.6 is 12.2 Å². The fourth-order valence-corrected chi connectivity index (χ4v) is 1.34. The molecule has 7 nitrogen and oxygen atoms in total. The fraction of sp³-hybridized carbons (Fsp3) is 0.538. The second kappa shape index (κ2) is 9.87. The van der Waals surface area contributed by atoms with Crippen LogP contribution in [0.5, 0.6) is 0 Å². The number of thiocarbonyl (C=S) groups is 1. The number of nitrogens with one attached hydrogen (secondary N) is 1. The van der Waals surface area contributed by atoms with Gasteiger partial charge in [0, 0.05) is 18.4 Å². The SMILES string of the molecule is C=C(C)C(=O)OCC(C)OC(=O)CCCC(=O)NC(N)=S. The van der Waals surface area contributed by atoms with Gasteiger partial charge in [-0.1, -0.05) is 6.58 Å². The van der Waals surface area contributed by atoms with E-state index in [2.05, 4.69) is 24.1 Å². The Morgan fingerprint density at radius 1 is 1.33 bits per heavy atom. The zero-order valence-corrected chi connectivity index (χ0v) is 13.0. The third-order valence-electron chi connectivity index (χ3n) is 2.18. The molecule has 21 heavy (non-hydrogen) atoms. The van der Waals surface area contributed by atoms with Crippen molar-refractivity contribution in [1.29, 1.82) is 0 Å². The number of esters is 2. The molecule has 118 valence electrons. The van der Waals surface area contributed by atoms with Crippen molar-refractivity contribution in [2.45, 2.75) is 39.2 Å². The summed E-state index contributed by atoms with van der Waals surface area (Å²) in [6.07, 6.45) is -0.0631. The minimum absolute atomic E-state index is 0.0423. The first-order valence-corrected chi connectivity index (χ1v) is 6.74. The Balaban J connectivity index is 3.83. The van der Waals surface area contributed by atoms with Gasteiger partial charge in [0.2, 0.25) is 5.91 Å². The number of hydrogen-bond acceptors (Lipinski definition) is 6. The molecule has 0 saturated carbocycles. The number of rotatable bonds is 8. The third-order valence-corrected chi connectivity index (χ3v) is 2.28. The van der Waals surface area contributed by atoms with Crippen molar-refractivity contribution in [2.24, 2.45) is 5.73 Å². The molecule has 0 aliphatic rings. The lowest BCUT2D eigenvalue weighted by atomic mass is 10.2. The summed E-state index contributed by atoms with van der Waals surface area (Å²) in [5.41, 5.74) is 5.41. The van der Waals surface area contributed by atoms with Crippen LogP contribution in [-0.4, -0.2) is 35.7 Å². The second-order valence-corrected chi connectivity index (χ2v) is 4.89. The largest absolute Gasteiger partial charge is 0.459 e. The Kier molecular flexibility index (Phi) is 8.95.